The highest BCUT2D eigenvalue weighted by Crippen LogP contribution is 2.52. The molecule has 3 rings (SSSR count). The quantitative estimate of drug-likeness (QED) is 0.648. The third-order valence-electron chi connectivity index (χ3n) is 5.28. The van der Waals surface area contributed by atoms with E-state index in [1.54, 1.807) is 21.0 Å². The predicted octanol–water partition coefficient (Wildman–Crippen LogP) is 0.119. The van der Waals surface area contributed by atoms with Gasteiger partial charge in [0.25, 0.3) is 5.91 Å². The van der Waals surface area contributed by atoms with Gasteiger partial charge in [0.05, 0.1) is 24.7 Å². The number of carbonyl (C=O) groups excluding carboxylic acids is 2. The number of fused-ring (bicyclic) bond motifs is 1. The fourth-order valence-corrected chi connectivity index (χ4v) is 5.43. The third-order valence-corrected chi connectivity index (χ3v) is 6.76. The number of aliphatic carboxylic acids is 1. The van der Waals surface area contributed by atoms with Crippen LogP contribution in [0.5, 0.6) is 0 Å². The van der Waals surface area contributed by atoms with Gasteiger partial charge in [-0.25, -0.2) is 4.79 Å². The molecular weight excluding hydrogens is 360 g/mol. The molecule has 2 N–H and O–H groups in total. The number of β-lactam (4-membered cyclic amide) rings is 1. The highest BCUT2D eigenvalue weighted by atomic mass is 32.2. The zero-order valence-corrected chi connectivity index (χ0v) is 16.0. The normalized spacial score (nSPS) is 34.6. The Kier molecular flexibility index (Phi) is 5.06. The minimum absolute atomic E-state index is 0.0109. The van der Waals surface area contributed by atoms with Crippen molar-refractivity contribution in [3.8, 4) is 0 Å². The van der Waals surface area contributed by atoms with Crippen LogP contribution in [0.1, 0.15) is 20.3 Å². The first-order valence-electron chi connectivity index (χ1n) is 8.63. The highest BCUT2D eigenvalue weighted by Gasteiger charge is 2.60. The number of aliphatic hydroxyl groups is 1. The van der Waals surface area contributed by atoms with Crippen molar-refractivity contribution in [1.29, 1.82) is 0 Å². The molecule has 9 heteroatoms. The molecule has 0 bridgehead atoms. The Bertz CT molecular complexity index is 676. The minimum Gasteiger partial charge on any atom is -0.477 e. The number of ether oxygens (including phenoxy) is 1. The van der Waals surface area contributed by atoms with E-state index in [4.69, 9.17) is 4.74 Å². The second-order valence-electron chi connectivity index (χ2n) is 7.30. The van der Waals surface area contributed by atoms with E-state index in [2.05, 4.69) is 0 Å². The van der Waals surface area contributed by atoms with Gasteiger partial charge in [-0.05, 0) is 13.3 Å². The van der Waals surface area contributed by atoms with Crippen molar-refractivity contribution >= 4 is 29.5 Å². The number of rotatable bonds is 5. The molecule has 0 aromatic heterocycles. The van der Waals surface area contributed by atoms with E-state index in [-0.39, 0.29) is 34.7 Å². The number of carbonyl (C=O) groups is 3. The molecule has 6 atom stereocenters. The maximum absolute atomic E-state index is 12.3. The van der Waals surface area contributed by atoms with Gasteiger partial charge in [-0.3, -0.25) is 9.59 Å². The van der Waals surface area contributed by atoms with Crippen molar-refractivity contribution in [2.75, 3.05) is 20.7 Å². The summed E-state index contributed by atoms with van der Waals surface area (Å²) in [5.41, 5.74) is 0.0109. The fraction of sp³-hybridized carbons (Fsp3) is 0.706. The Labute approximate surface area is 156 Å². The van der Waals surface area contributed by atoms with Gasteiger partial charge < -0.3 is 24.7 Å². The summed E-state index contributed by atoms with van der Waals surface area (Å²) in [5, 5.41) is 19.5. The number of amides is 2. The fourth-order valence-electron chi connectivity index (χ4n) is 4.00. The average molecular weight is 384 g/mol. The van der Waals surface area contributed by atoms with Crippen LogP contribution in [0.4, 0.5) is 0 Å². The van der Waals surface area contributed by atoms with Gasteiger partial charge in [0.2, 0.25) is 5.91 Å². The Hall–Kier alpha value is -1.58. The average Bonchev–Trinajstić information content (AvgIpc) is 3.09. The smallest absolute Gasteiger partial charge is 0.353 e. The molecule has 0 aliphatic carbocycles. The van der Waals surface area contributed by atoms with Crippen LogP contribution in [0.25, 0.3) is 0 Å². The van der Waals surface area contributed by atoms with Gasteiger partial charge in [-0.15, -0.1) is 11.8 Å². The second-order valence-corrected chi connectivity index (χ2v) is 8.64. The Morgan fingerprint density at radius 3 is 2.58 bits per heavy atom. The van der Waals surface area contributed by atoms with Gasteiger partial charge in [-0.2, -0.15) is 0 Å². The molecule has 2 amide bonds. The van der Waals surface area contributed by atoms with E-state index in [9.17, 15) is 24.6 Å². The summed E-state index contributed by atoms with van der Waals surface area (Å²) in [6, 6.07) is -0.322. The van der Waals surface area contributed by atoms with Crippen LogP contribution >= 0.6 is 11.8 Å². The van der Waals surface area contributed by atoms with E-state index in [0.29, 0.717) is 17.9 Å². The van der Waals surface area contributed by atoms with E-state index in [1.165, 1.54) is 21.6 Å². The molecule has 0 saturated carbocycles. The Morgan fingerprint density at radius 2 is 2.04 bits per heavy atom. The van der Waals surface area contributed by atoms with Gasteiger partial charge >= 0.3 is 5.97 Å². The van der Waals surface area contributed by atoms with Gasteiger partial charge in [-0.1, -0.05) is 6.92 Å². The third kappa shape index (κ3) is 2.91. The van der Waals surface area contributed by atoms with Gasteiger partial charge in [0.15, 0.2) is 0 Å². The van der Waals surface area contributed by atoms with Crippen molar-refractivity contribution in [2.24, 2.45) is 11.8 Å². The van der Waals surface area contributed by atoms with Crippen LogP contribution < -0.4 is 0 Å². The molecule has 0 aromatic carbocycles. The standard InChI is InChI=1S/C17H24N2O6S/c1-7-12-11(8(2)20)16(22)19(12)13(17(23)24)14(7)26-9-5-10(25-6-9)15(21)18(3)4/h7-12,20H,5-6H2,1-4H3,(H,23,24)/t7-,8+,9-,10-,11+,12+/m0/s1. The van der Waals surface area contributed by atoms with Crippen LogP contribution in [-0.4, -0.2) is 82.0 Å². The topological polar surface area (TPSA) is 107 Å². The first-order chi connectivity index (χ1) is 12.1. The van der Waals surface area contributed by atoms with Crippen molar-refractivity contribution in [2.45, 2.75) is 43.8 Å². The number of aliphatic hydroxyl groups excluding tert-OH is 1. The van der Waals surface area contributed by atoms with Crippen molar-refractivity contribution in [1.82, 2.24) is 9.80 Å². The minimum atomic E-state index is -1.14. The number of carboxylic acid groups (broad SMARTS) is 1. The molecule has 2 fully saturated rings. The van der Waals surface area contributed by atoms with Gasteiger partial charge in [0.1, 0.15) is 11.8 Å². The molecule has 3 aliphatic rings. The summed E-state index contributed by atoms with van der Waals surface area (Å²) in [7, 11) is 3.34. The van der Waals surface area contributed by atoms with Crippen LogP contribution in [0.3, 0.4) is 0 Å². The largest absolute Gasteiger partial charge is 0.477 e. The molecule has 3 aliphatic heterocycles. The molecule has 8 nitrogen and oxygen atoms in total. The number of nitrogens with zero attached hydrogens (tertiary/aromatic N) is 2. The SMILES string of the molecule is C[C@@H]1C(S[C@@H]2CO[C@H](C(=O)N(C)C)C2)=C(C(=O)O)N2C(=O)[C@H]([C@@H](C)O)[C@@H]12. The van der Waals surface area contributed by atoms with Crippen LogP contribution in [-0.2, 0) is 19.1 Å². The van der Waals surface area contributed by atoms with E-state index >= 15 is 0 Å². The van der Waals surface area contributed by atoms with Crippen LogP contribution in [0.2, 0.25) is 0 Å². The number of likely N-dealkylation sites (N-methyl/N-ethyl adjacent to an activating group) is 1. The van der Waals surface area contributed by atoms with Gasteiger partial charge in [0, 0.05) is 30.2 Å². The molecule has 144 valence electrons. The van der Waals surface area contributed by atoms with Crippen LogP contribution in [0.15, 0.2) is 10.6 Å². The molecule has 0 aromatic rings. The Morgan fingerprint density at radius 1 is 1.38 bits per heavy atom. The van der Waals surface area contributed by atoms with Crippen molar-refractivity contribution in [3.63, 3.8) is 0 Å². The second kappa shape index (κ2) is 6.86. The predicted molar refractivity (Wildman–Crippen MR) is 94.1 cm³/mol. The lowest BCUT2D eigenvalue weighted by Gasteiger charge is -2.46. The lowest BCUT2D eigenvalue weighted by atomic mass is 9.79. The first-order valence-corrected chi connectivity index (χ1v) is 9.51. The molecule has 0 unspecified atom stereocenters. The van der Waals surface area contributed by atoms with E-state index in [0.717, 1.165) is 0 Å². The Balaban J connectivity index is 1.78. The molecule has 2 saturated heterocycles. The molecule has 0 spiro atoms. The van der Waals surface area contributed by atoms with E-state index in [1.807, 2.05) is 6.92 Å². The zero-order chi connectivity index (χ0) is 19.3. The highest BCUT2D eigenvalue weighted by molar-refractivity contribution is 8.03. The molecular formula is C17H24N2O6S. The van der Waals surface area contributed by atoms with Crippen LogP contribution in [0, 0.1) is 11.8 Å². The zero-order valence-electron chi connectivity index (χ0n) is 15.2. The summed E-state index contributed by atoms with van der Waals surface area (Å²) in [5.74, 6) is -2.33. The maximum Gasteiger partial charge on any atom is 0.353 e. The number of hydrogen-bond acceptors (Lipinski definition) is 6. The monoisotopic (exact) mass is 384 g/mol. The molecule has 0 radical (unpaired) electrons. The summed E-state index contributed by atoms with van der Waals surface area (Å²) in [6.45, 7) is 3.80. The maximum atomic E-state index is 12.3. The van der Waals surface area contributed by atoms with Crippen molar-refractivity contribution in [3.05, 3.63) is 10.6 Å². The number of carboxylic acids is 1. The summed E-state index contributed by atoms with van der Waals surface area (Å²) in [4.78, 5) is 39.6. The summed E-state index contributed by atoms with van der Waals surface area (Å²) >= 11 is 1.38. The summed E-state index contributed by atoms with van der Waals surface area (Å²) < 4.78 is 5.58. The van der Waals surface area contributed by atoms with E-state index < -0.39 is 24.1 Å². The first kappa shape index (κ1) is 19.2. The summed E-state index contributed by atoms with van der Waals surface area (Å²) in [6.07, 6.45) is -0.831. The number of hydrogen-bond donors (Lipinski definition) is 2. The lowest BCUT2D eigenvalue weighted by Crippen LogP contribution is -2.63. The lowest BCUT2D eigenvalue weighted by molar-refractivity contribution is -0.163. The molecule has 26 heavy (non-hydrogen) atoms. The van der Waals surface area contributed by atoms with Crippen molar-refractivity contribution < 1.29 is 29.3 Å². The number of thioether (sulfide) groups is 1. The molecule has 3 heterocycles.